The van der Waals surface area contributed by atoms with E-state index in [0.717, 1.165) is 11.3 Å². The van der Waals surface area contributed by atoms with E-state index < -0.39 is 10.0 Å². The van der Waals surface area contributed by atoms with Gasteiger partial charge in [-0.05, 0) is 42.7 Å². The van der Waals surface area contributed by atoms with Crippen molar-refractivity contribution in [2.45, 2.75) is 37.6 Å². The Kier molecular flexibility index (Phi) is 7.65. The highest BCUT2D eigenvalue weighted by atomic mass is 35.5. The third kappa shape index (κ3) is 5.41. The highest BCUT2D eigenvalue weighted by molar-refractivity contribution is 7.89. The number of benzene rings is 2. The second-order valence-electron chi connectivity index (χ2n) is 7.92. The summed E-state index contributed by atoms with van der Waals surface area (Å²) >= 11 is 12.1. The average Bonchev–Trinajstić information content (AvgIpc) is 2.75. The summed E-state index contributed by atoms with van der Waals surface area (Å²) in [5.41, 5.74) is 1.89. The van der Waals surface area contributed by atoms with Crippen LogP contribution >= 0.6 is 23.2 Å². The molecule has 6 nitrogen and oxygen atoms in total. The molecule has 1 fully saturated rings. The largest absolute Gasteiger partial charge is 0.324 e. The standard InChI is InChI=1S/C22H27Cl2N3O3S/c1-15(2)18-6-4-5-7-20(18)25-22(28)16(3)26-10-12-27(13-11-26)31(29,30)21-14-17(23)8-9-19(21)24/h4-9,14-16H,10-13H2,1-3H3,(H,25,28). The SMILES string of the molecule is CC(C)c1ccccc1NC(=O)C(C)N1CCN(S(=O)(=O)c2cc(Cl)ccc2Cl)CC1. The van der Waals surface area contributed by atoms with E-state index >= 15 is 0 Å². The summed E-state index contributed by atoms with van der Waals surface area (Å²) in [6.45, 7) is 7.43. The Bertz CT molecular complexity index is 1050. The van der Waals surface area contributed by atoms with Crippen LogP contribution in [-0.2, 0) is 14.8 Å². The first kappa shape index (κ1) is 24.0. The molecule has 0 aliphatic carbocycles. The number of amides is 1. The molecule has 1 amide bonds. The number of hydrogen-bond acceptors (Lipinski definition) is 4. The minimum Gasteiger partial charge on any atom is -0.324 e. The van der Waals surface area contributed by atoms with Crippen LogP contribution in [0.25, 0.3) is 0 Å². The number of sulfonamides is 1. The van der Waals surface area contributed by atoms with Gasteiger partial charge in [0.05, 0.1) is 11.1 Å². The fraction of sp³-hybridized carbons (Fsp3) is 0.409. The lowest BCUT2D eigenvalue weighted by Gasteiger charge is -2.37. The molecule has 1 N–H and O–H groups in total. The second-order valence-corrected chi connectivity index (χ2v) is 10.7. The summed E-state index contributed by atoms with van der Waals surface area (Å²) in [5, 5.41) is 3.48. The number of hydrogen-bond donors (Lipinski definition) is 1. The van der Waals surface area contributed by atoms with Gasteiger partial charge >= 0.3 is 0 Å². The number of halogens is 2. The van der Waals surface area contributed by atoms with Gasteiger partial charge in [0.1, 0.15) is 4.90 Å². The Morgan fingerprint density at radius 2 is 1.65 bits per heavy atom. The third-order valence-electron chi connectivity index (χ3n) is 5.55. The number of para-hydroxylation sites is 1. The number of carbonyl (C=O) groups is 1. The van der Waals surface area contributed by atoms with Crippen LogP contribution in [-0.4, -0.2) is 55.8 Å². The van der Waals surface area contributed by atoms with Crippen LogP contribution in [0.3, 0.4) is 0 Å². The Balaban J connectivity index is 1.65. The molecular weight excluding hydrogens is 457 g/mol. The van der Waals surface area contributed by atoms with Crippen molar-refractivity contribution < 1.29 is 13.2 Å². The Hall–Kier alpha value is -1.64. The molecule has 1 saturated heterocycles. The van der Waals surface area contributed by atoms with Crippen LogP contribution in [0.15, 0.2) is 47.4 Å². The van der Waals surface area contributed by atoms with E-state index in [0.29, 0.717) is 24.0 Å². The molecule has 1 aliphatic heterocycles. The van der Waals surface area contributed by atoms with Crippen LogP contribution in [0.5, 0.6) is 0 Å². The van der Waals surface area contributed by atoms with Crippen LogP contribution in [0.4, 0.5) is 5.69 Å². The molecule has 2 aromatic carbocycles. The highest BCUT2D eigenvalue weighted by Gasteiger charge is 2.33. The van der Waals surface area contributed by atoms with Crippen molar-refractivity contribution >= 4 is 44.8 Å². The van der Waals surface area contributed by atoms with Gasteiger partial charge in [0.15, 0.2) is 0 Å². The van der Waals surface area contributed by atoms with Crippen molar-refractivity contribution in [2.75, 3.05) is 31.5 Å². The Labute approximate surface area is 194 Å². The molecule has 168 valence electrons. The quantitative estimate of drug-likeness (QED) is 0.658. The van der Waals surface area contributed by atoms with Gasteiger partial charge in [0.2, 0.25) is 15.9 Å². The maximum Gasteiger partial charge on any atom is 0.244 e. The maximum atomic E-state index is 13.0. The molecular formula is C22H27Cl2N3O3S. The predicted molar refractivity (Wildman–Crippen MR) is 125 cm³/mol. The van der Waals surface area contributed by atoms with Crippen LogP contribution in [0.2, 0.25) is 10.0 Å². The van der Waals surface area contributed by atoms with Crippen molar-refractivity contribution in [3.63, 3.8) is 0 Å². The number of rotatable bonds is 6. The first-order valence-corrected chi connectivity index (χ1v) is 12.4. The van der Waals surface area contributed by atoms with Gasteiger partial charge in [-0.3, -0.25) is 9.69 Å². The molecule has 31 heavy (non-hydrogen) atoms. The lowest BCUT2D eigenvalue weighted by atomic mass is 10.0. The van der Waals surface area contributed by atoms with E-state index in [2.05, 4.69) is 19.2 Å². The molecule has 2 aromatic rings. The summed E-state index contributed by atoms with van der Waals surface area (Å²) in [6.07, 6.45) is 0. The van der Waals surface area contributed by atoms with Crippen molar-refractivity contribution in [3.05, 3.63) is 58.1 Å². The zero-order valence-corrected chi connectivity index (χ0v) is 20.1. The molecule has 1 unspecified atom stereocenters. The topological polar surface area (TPSA) is 69.7 Å². The summed E-state index contributed by atoms with van der Waals surface area (Å²) in [5.74, 6) is 0.182. The zero-order valence-electron chi connectivity index (χ0n) is 17.8. The number of nitrogens with one attached hydrogen (secondary N) is 1. The van der Waals surface area contributed by atoms with E-state index in [4.69, 9.17) is 23.2 Å². The number of carbonyl (C=O) groups excluding carboxylic acids is 1. The van der Waals surface area contributed by atoms with Crippen molar-refractivity contribution in [2.24, 2.45) is 0 Å². The molecule has 3 rings (SSSR count). The third-order valence-corrected chi connectivity index (χ3v) is 8.17. The van der Waals surface area contributed by atoms with Gasteiger partial charge < -0.3 is 5.32 Å². The van der Waals surface area contributed by atoms with E-state index in [9.17, 15) is 13.2 Å². The Morgan fingerprint density at radius 3 is 2.29 bits per heavy atom. The van der Waals surface area contributed by atoms with E-state index in [1.165, 1.54) is 16.4 Å². The molecule has 1 aliphatic rings. The maximum absolute atomic E-state index is 13.0. The zero-order chi connectivity index (χ0) is 22.8. The monoisotopic (exact) mass is 483 g/mol. The summed E-state index contributed by atoms with van der Waals surface area (Å²) in [4.78, 5) is 14.8. The van der Waals surface area contributed by atoms with Gasteiger partial charge in [-0.25, -0.2) is 8.42 Å². The lowest BCUT2D eigenvalue weighted by molar-refractivity contribution is -0.121. The average molecular weight is 484 g/mol. The van der Waals surface area contributed by atoms with Gasteiger partial charge in [-0.1, -0.05) is 55.2 Å². The van der Waals surface area contributed by atoms with E-state index in [1.54, 1.807) is 6.07 Å². The molecule has 0 bridgehead atoms. The van der Waals surface area contributed by atoms with Crippen LogP contribution in [0.1, 0.15) is 32.3 Å². The first-order chi connectivity index (χ1) is 14.6. The van der Waals surface area contributed by atoms with Crippen LogP contribution in [0, 0.1) is 0 Å². The summed E-state index contributed by atoms with van der Waals surface area (Å²) in [7, 11) is -3.76. The van der Waals surface area contributed by atoms with Crippen molar-refractivity contribution in [1.29, 1.82) is 0 Å². The summed E-state index contributed by atoms with van der Waals surface area (Å²) in [6, 6.07) is 11.8. The molecule has 0 radical (unpaired) electrons. The van der Waals surface area contributed by atoms with Crippen molar-refractivity contribution in [1.82, 2.24) is 9.21 Å². The molecule has 0 saturated carbocycles. The molecule has 0 aromatic heterocycles. The highest BCUT2D eigenvalue weighted by Crippen LogP contribution is 2.29. The Morgan fingerprint density at radius 1 is 1.00 bits per heavy atom. The number of piperazine rings is 1. The van der Waals surface area contributed by atoms with E-state index in [1.807, 2.05) is 36.1 Å². The predicted octanol–water partition coefficient (Wildman–Crippen LogP) is 4.45. The van der Waals surface area contributed by atoms with E-state index in [-0.39, 0.29) is 35.0 Å². The summed E-state index contributed by atoms with van der Waals surface area (Å²) < 4.78 is 27.4. The van der Waals surface area contributed by atoms with Gasteiger partial charge in [0, 0.05) is 36.9 Å². The normalized spacial score (nSPS) is 17.0. The fourth-order valence-corrected chi connectivity index (χ4v) is 5.82. The molecule has 1 atom stereocenters. The minimum absolute atomic E-state index is 0.00574. The molecule has 9 heteroatoms. The fourth-order valence-electron chi connectivity index (χ4n) is 3.66. The van der Waals surface area contributed by atoms with Gasteiger partial charge in [-0.2, -0.15) is 4.31 Å². The molecule has 1 heterocycles. The van der Waals surface area contributed by atoms with Gasteiger partial charge in [-0.15, -0.1) is 0 Å². The number of nitrogens with zero attached hydrogens (tertiary/aromatic N) is 2. The number of anilines is 1. The van der Waals surface area contributed by atoms with Crippen LogP contribution < -0.4 is 5.32 Å². The molecule has 0 spiro atoms. The second kappa shape index (κ2) is 9.88. The van der Waals surface area contributed by atoms with Gasteiger partial charge in [0.25, 0.3) is 0 Å². The lowest BCUT2D eigenvalue weighted by Crippen LogP contribution is -2.54. The smallest absolute Gasteiger partial charge is 0.244 e. The van der Waals surface area contributed by atoms with Crippen molar-refractivity contribution in [3.8, 4) is 0 Å². The minimum atomic E-state index is -3.76. The first-order valence-electron chi connectivity index (χ1n) is 10.2.